The molecule has 4 aromatic rings. The highest BCUT2D eigenvalue weighted by atomic mass is 16.5. The van der Waals surface area contributed by atoms with Gasteiger partial charge in [0, 0.05) is 7.05 Å². The van der Waals surface area contributed by atoms with Crippen LogP contribution in [0.2, 0.25) is 0 Å². The highest BCUT2D eigenvalue weighted by molar-refractivity contribution is 5.84. The van der Waals surface area contributed by atoms with E-state index in [-0.39, 0.29) is 18.1 Å². The summed E-state index contributed by atoms with van der Waals surface area (Å²) in [5.41, 5.74) is 0.969. The number of esters is 1. The number of benzene rings is 2. The molecule has 0 atom stereocenters. The van der Waals surface area contributed by atoms with Crippen molar-refractivity contribution >= 4 is 22.6 Å². The van der Waals surface area contributed by atoms with Gasteiger partial charge in [0.1, 0.15) is 0 Å². The van der Waals surface area contributed by atoms with Crippen molar-refractivity contribution in [1.29, 1.82) is 0 Å². The number of hydrogen-bond donors (Lipinski definition) is 0. The Morgan fingerprint density at radius 2 is 1.73 bits per heavy atom. The largest absolute Gasteiger partial charge is 0.457 e. The highest BCUT2D eigenvalue weighted by Crippen LogP contribution is 2.42. The summed E-state index contributed by atoms with van der Waals surface area (Å²) in [5.74, 6) is 0.687. The third-order valence-corrected chi connectivity index (χ3v) is 6.20. The number of para-hydroxylation sites is 1. The van der Waals surface area contributed by atoms with E-state index in [0.717, 1.165) is 31.2 Å². The summed E-state index contributed by atoms with van der Waals surface area (Å²) in [4.78, 5) is 25.8. The molecule has 152 valence electrons. The summed E-state index contributed by atoms with van der Waals surface area (Å²) in [6, 6.07) is 17.2. The van der Waals surface area contributed by atoms with Crippen LogP contribution in [0.3, 0.4) is 0 Å². The van der Waals surface area contributed by atoms with Crippen molar-refractivity contribution in [2.24, 2.45) is 7.05 Å². The van der Waals surface area contributed by atoms with Crippen LogP contribution in [0.4, 0.5) is 0 Å². The maximum atomic E-state index is 13.2. The molecule has 0 aliphatic heterocycles. The van der Waals surface area contributed by atoms with Crippen LogP contribution < -0.4 is 5.56 Å². The summed E-state index contributed by atoms with van der Waals surface area (Å²) in [6.45, 7) is -0.00319. The van der Waals surface area contributed by atoms with Crippen molar-refractivity contribution in [2.45, 2.75) is 37.7 Å². The molecule has 0 spiro atoms. The van der Waals surface area contributed by atoms with Crippen LogP contribution >= 0.6 is 0 Å². The Kier molecular flexibility index (Phi) is 4.38. The number of nitrogens with zero attached hydrogens (tertiary/aromatic N) is 4. The average Bonchev–Trinajstić information content (AvgIpc) is 3.45. The lowest BCUT2D eigenvalue weighted by molar-refractivity contribution is -0.152. The van der Waals surface area contributed by atoms with E-state index in [0.29, 0.717) is 22.5 Å². The fraction of sp³-hybridized carbons (Fsp3) is 0.304. The van der Waals surface area contributed by atoms with Gasteiger partial charge in [-0.05, 0) is 30.5 Å². The number of carbonyl (C=O) groups excluding carboxylic acids is 1. The van der Waals surface area contributed by atoms with Gasteiger partial charge < -0.3 is 4.74 Å². The zero-order valence-electron chi connectivity index (χ0n) is 16.7. The minimum atomic E-state index is -0.601. The molecule has 0 saturated heterocycles. The van der Waals surface area contributed by atoms with E-state index in [4.69, 9.17) is 4.74 Å². The first kappa shape index (κ1) is 18.5. The van der Waals surface area contributed by atoms with Crippen molar-refractivity contribution in [2.75, 3.05) is 0 Å². The van der Waals surface area contributed by atoms with Crippen LogP contribution in [0, 0.1) is 0 Å². The number of rotatable bonds is 4. The summed E-state index contributed by atoms with van der Waals surface area (Å²) in [5, 5.41) is 8.95. The van der Waals surface area contributed by atoms with Gasteiger partial charge in [-0.1, -0.05) is 55.3 Å². The molecule has 2 aromatic heterocycles. The van der Waals surface area contributed by atoms with Gasteiger partial charge in [0.05, 0.1) is 16.3 Å². The molecule has 1 fully saturated rings. The van der Waals surface area contributed by atoms with Gasteiger partial charge >= 0.3 is 5.97 Å². The summed E-state index contributed by atoms with van der Waals surface area (Å²) < 4.78 is 9.05. The molecule has 7 heteroatoms. The zero-order chi connectivity index (χ0) is 20.7. The van der Waals surface area contributed by atoms with Gasteiger partial charge in [-0.25, -0.2) is 0 Å². The molecule has 1 aliphatic rings. The smallest absolute Gasteiger partial charge is 0.317 e. The van der Waals surface area contributed by atoms with Gasteiger partial charge in [0.15, 0.2) is 12.4 Å². The zero-order valence-corrected chi connectivity index (χ0v) is 16.7. The van der Waals surface area contributed by atoms with E-state index in [1.807, 2.05) is 48.5 Å². The van der Waals surface area contributed by atoms with Crippen LogP contribution in [0.5, 0.6) is 0 Å². The Labute approximate surface area is 172 Å². The van der Waals surface area contributed by atoms with Gasteiger partial charge in [-0.2, -0.15) is 0 Å². The molecule has 2 heterocycles. The van der Waals surface area contributed by atoms with Crippen LogP contribution in [0.25, 0.3) is 16.7 Å². The monoisotopic (exact) mass is 402 g/mol. The Bertz CT molecular complexity index is 1300. The van der Waals surface area contributed by atoms with Gasteiger partial charge in [-0.15, -0.1) is 10.2 Å². The fourth-order valence-electron chi connectivity index (χ4n) is 4.60. The topological polar surface area (TPSA) is 78.5 Å². The number of aryl methyl sites for hydroxylation is 1. The second kappa shape index (κ2) is 7.09. The Hall–Kier alpha value is -3.48. The summed E-state index contributed by atoms with van der Waals surface area (Å²) >= 11 is 0. The normalized spacial score (nSPS) is 15.6. The van der Waals surface area contributed by atoms with E-state index in [2.05, 4.69) is 10.2 Å². The minimum absolute atomic E-state index is 0.00319. The van der Waals surface area contributed by atoms with Gasteiger partial charge in [0.2, 0.25) is 5.78 Å². The summed E-state index contributed by atoms with van der Waals surface area (Å²) in [6.07, 6.45) is 3.58. The first-order chi connectivity index (χ1) is 14.6. The van der Waals surface area contributed by atoms with Crippen molar-refractivity contribution in [3.8, 4) is 0 Å². The molecule has 1 aliphatic carbocycles. The first-order valence-corrected chi connectivity index (χ1v) is 10.2. The van der Waals surface area contributed by atoms with E-state index in [1.165, 1.54) is 4.57 Å². The lowest BCUT2D eigenvalue weighted by atomic mass is 9.79. The average molecular weight is 402 g/mol. The maximum Gasteiger partial charge on any atom is 0.317 e. The van der Waals surface area contributed by atoms with Gasteiger partial charge in [0.25, 0.3) is 5.56 Å². The molecule has 1 saturated carbocycles. The molecule has 5 rings (SSSR count). The van der Waals surface area contributed by atoms with E-state index in [1.54, 1.807) is 17.5 Å². The van der Waals surface area contributed by atoms with Crippen LogP contribution in [-0.4, -0.2) is 25.1 Å². The Morgan fingerprint density at radius 3 is 2.50 bits per heavy atom. The van der Waals surface area contributed by atoms with Crippen LogP contribution in [0.1, 0.15) is 37.1 Å². The van der Waals surface area contributed by atoms with Gasteiger partial charge in [-0.3, -0.25) is 18.6 Å². The Morgan fingerprint density at radius 1 is 1.03 bits per heavy atom. The number of aromatic nitrogens is 4. The maximum absolute atomic E-state index is 13.2. The second-order valence-electron chi connectivity index (χ2n) is 7.86. The molecule has 0 N–H and O–H groups in total. The quantitative estimate of drug-likeness (QED) is 0.490. The van der Waals surface area contributed by atoms with Crippen molar-refractivity contribution in [3.05, 3.63) is 76.3 Å². The third-order valence-electron chi connectivity index (χ3n) is 6.20. The predicted molar refractivity (Wildman–Crippen MR) is 112 cm³/mol. The van der Waals surface area contributed by atoms with Crippen LogP contribution in [0.15, 0.2) is 59.4 Å². The standard InChI is InChI=1S/C23H22N4O3/c1-26-20(28)17-11-5-6-12-18(17)27-19(24-25-22(26)27)15-30-21(29)23(13-7-8-14-23)16-9-3-2-4-10-16/h2-6,9-12H,7-8,13-15H2,1H3. The SMILES string of the molecule is Cn1c(=O)c2ccccc2n2c(COC(=O)C3(c4ccccc4)CCCC3)nnc12. The number of fused-ring (bicyclic) bond motifs is 3. The molecular formula is C23H22N4O3. The Balaban J connectivity index is 1.51. The predicted octanol–water partition coefficient (Wildman–Crippen LogP) is 3.14. The molecule has 0 radical (unpaired) electrons. The third kappa shape index (κ3) is 2.73. The lowest BCUT2D eigenvalue weighted by Gasteiger charge is -2.27. The van der Waals surface area contributed by atoms with E-state index < -0.39 is 5.41 Å². The molecule has 7 nitrogen and oxygen atoms in total. The molecular weight excluding hydrogens is 380 g/mol. The molecule has 0 unspecified atom stereocenters. The van der Waals surface area contributed by atoms with E-state index in [9.17, 15) is 9.59 Å². The second-order valence-corrected chi connectivity index (χ2v) is 7.86. The lowest BCUT2D eigenvalue weighted by Crippen LogP contribution is -2.34. The molecule has 2 aromatic carbocycles. The van der Waals surface area contributed by atoms with Crippen molar-refractivity contribution in [1.82, 2.24) is 19.2 Å². The highest BCUT2D eigenvalue weighted by Gasteiger charge is 2.44. The fourth-order valence-corrected chi connectivity index (χ4v) is 4.60. The molecule has 0 bridgehead atoms. The van der Waals surface area contributed by atoms with Crippen molar-refractivity contribution < 1.29 is 9.53 Å². The summed E-state index contributed by atoms with van der Waals surface area (Å²) in [7, 11) is 1.66. The molecule has 0 amide bonds. The minimum Gasteiger partial charge on any atom is -0.457 e. The van der Waals surface area contributed by atoms with E-state index >= 15 is 0 Å². The van der Waals surface area contributed by atoms with Crippen molar-refractivity contribution in [3.63, 3.8) is 0 Å². The number of ether oxygens (including phenoxy) is 1. The van der Waals surface area contributed by atoms with Crippen LogP contribution in [-0.2, 0) is 28.6 Å². The molecule has 30 heavy (non-hydrogen) atoms. The number of hydrogen-bond acceptors (Lipinski definition) is 5. The first-order valence-electron chi connectivity index (χ1n) is 10.2. The number of carbonyl (C=O) groups is 1.